The molecule has 0 aromatic carbocycles. The molecule has 0 aromatic heterocycles. The molecule has 3 rings (SSSR count). The summed E-state index contributed by atoms with van der Waals surface area (Å²) in [6.45, 7) is 7.74. The van der Waals surface area contributed by atoms with Crippen LogP contribution >= 0.6 is 0 Å². The maximum absolute atomic E-state index is 11.7. The number of hydrogen-bond donors (Lipinski definition) is 0. The minimum Gasteiger partial charge on any atom is -0.458 e. The maximum atomic E-state index is 11.7. The molecule has 0 radical (unpaired) electrons. The molecule has 0 spiro atoms. The number of hydrogen-bond acceptors (Lipinski definition) is 2. The normalized spacial score (nSPS) is 39.7. The molecular weight excluding hydrogens is 212 g/mol. The quantitative estimate of drug-likeness (QED) is 0.600. The van der Waals surface area contributed by atoms with Crippen molar-refractivity contribution < 1.29 is 9.53 Å². The Kier molecular flexibility index (Phi) is 2.24. The minimum atomic E-state index is -0.0388. The number of carbonyl (C=O) groups is 1. The van der Waals surface area contributed by atoms with Crippen LogP contribution < -0.4 is 0 Å². The fraction of sp³-hybridized carbons (Fsp3) is 0.800. The molecule has 0 aromatic rings. The van der Waals surface area contributed by atoms with E-state index in [1.54, 1.807) is 0 Å². The summed E-state index contributed by atoms with van der Waals surface area (Å²) in [7, 11) is 0. The topological polar surface area (TPSA) is 26.3 Å². The Bertz CT molecular complexity index is 405. The molecule has 0 saturated heterocycles. The van der Waals surface area contributed by atoms with Crippen LogP contribution in [0, 0.1) is 16.7 Å². The third kappa shape index (κ3) is 1.42. The lowest BCUT2D eigenvalue weighted by atomic mass is 9.50. The third-order valence-electron chi connectivity index (χ3n) is 5.56. The van der Waals surface area contributed by atoms with Gasteiger partial charge in [-0.25, -0.2) is 4.79 Å². The van der Waals surface area contributed by atoms with Gasteiger partial charge in [0.2, 0.25) is 0 Å². The largest absolute Gasteiger partial charge is 0.458 e. The first-order valence-electron chi connectivity index (χ1n) is 6.85. The van der Waals surface area contributed by atoms with Gasteiger partial charge in [-0.05, 0) is 48.0 Å². The third-order valence-corrected chi connectivity index (χ3v) is 5.56. The molecule has 2 atom stereocenters. The molecule has 0 unspecified atom stereocenters. The van der Waals surface area contributed by atoms with Crippen molar-refractivity contribution in [2.24, 2.45) is 16.7 Å². The van der Waals surface area contributed by atoms with Gasteiger partial charge in [-0.1, -0.05) is 27.2 Å². The number of cyclic esters (lactones) is 1. The van der Waals surface area contributed by atoms with Gasteiger partial charge in [0.1, 0.15) is 6.61 Å². The van der Waals surface area contributed by atoms with Gasteiger partial charge in [-0.2, -0.15) is 0 Å². The summed E-state index contributed by atoms with van der Waals surface area (Å²) in [5.74, 6) is 0.681. The average molecular weight is 234 g/mol. The predicted octanol–water partition coefficient (Wildman–Crippen LogP) is 3.47. The van der Waals surface area contributed by atoms with Gasteiger partial charge in [-0.3, -0.25) is 0 Å². The highest BCUT2D eigenvalue weighted by atomic mass is 16.5. The number of rotatable bonds is 0. The van der Waals surface area contributed by atoms with Gasteiger partial charge >= 0.3 is 5.97 Å². The Morgan fingerprint density at radius 2 is 2.00 bits per heavy atom. The summed E-state index contributed by atoms with van der Waals surface area (Å²) in [6.07, 6.45) is 5.95. The molecule has 1 aliphatic heterocycles. The first-order chi connectivity index (χ1) is 7.95. The second-order valence-electron chi connectivity index (χ2n) is 6.88. The van der Waals surface area contributed by atoms with Crippen molar-refractivity contribution >= 4 is 5.97 Å². The van der Waals surface area contributed by atoms with E-state index in [9.17, 15) is 4.79 Å². The first kappa shape index (κ1) is 11.3. The standard InChI is InChI=1S/C15H22O2/c1-14(2)7-4-8-15(3)11-9-17-13(16)10(11)5-6-12(14)15/h12H,4-9H2,1-3H3/t12-,15-/m0/s1. The summed E-state index contributed by atoms with van der Waals surface area (Å²) in [4.78, 5) is 11.7. The van der Waals surface area contributed by atoms with E-state index in [1.165, 1.54) is 24.8 Å². The zero-order chi connectivity index (χ0) is 12.3. The highest BCUT2D eigenvalue weighted by Crippen LogP contribution is 2.60. The van der Waals surface area contributed by atoms with Crippen LogP contribution in [-0.2, 0) is 9.53 Å². The summed E-state index contributed by atoms with van der Waals surface area (Å²) in [5, 5.41) is 0. The molecule has 3 aliphatic rings. The van der Waals surface area contributed by atoms with E-state index < -0.39 is 0 Å². The van der Waals surface area contributed by atoms with E-state index in [0.717, 1.165) is 24.3 Å². The molecular formula is C15H22O2. The van der Waals surface area contributed by atoms with E-state index in [4.69, 9.17) is 4.74 Å². The monoisotopic (exact) mass is 234 g/mol. The van der Waals surface area contributed by atoms with Crippen LogP contribution in [0.15, 0.2) is 11.1 Å². The summed E-state index contributed by atoms with van der Waals surface area (Å²) < 4.78 is 5.27. The van der Waals surface area contributed by atoms with Crippen molar-refractivity contribution in [2.75, 3.05) is 6.61 Å². The molecule has 2 aliphatic carbocycles. The molecule has 1 fully saturated rings. The number of esters is 1. The first-order valence-corrected chi connectivity index (χ1v) is 6.85. The van der Waals surface area contributed by atoms with Crippen LogP contribution in [0.1, 0.15) is 52.9 Å². The van der Waals surface area contributed by atoms with Gasteiger partial charge in [0.05, 0.1) is 0 Å². The second-order valence-corrected chi connectivity index (χ2v) is 6.88. The molecule has 2 nitrogen and oxygen atoms in total. The van der Waals surface area contributed by atoms with Gasteiger partial charge in [0.25, 0.3) is 0 Å². The Morgan fingerprint density at radius 1 is 1.24 bits per heavy atom. The van der Waals surface area contributed by atoms with Crippen LogP contribution in [0.25, 0.3) is 0 Å². The van der Waals surface area contributed by atoms with Gasteiger partial charge < -0.3 is 4.74 Å². The van der Waals surface area contributed by atoms with Gasteiger partial charge in [0, 0.05) is 5.57 Å². The Balaban J connectivity index is 2.06. The van der Waals surface area contributed by atoms with Crippen molar-refractivity contribution in [3.05, 3.63) is 11.1 Å². The maximum Gasteiger partial charge on any atom is 0.334 e. The van der Waals surface area contributed by atoms with Crippen LogP contribution in [0.4, 0.5) is 0 Å². The van der Waals surface area contributed by atoms with Gasteiger partial charge in [-0.15, -0.1) is 0 Å². The lowest BCUT2D eigenvalue weighted by Crippen LogP contribution is -2.45. The van der Waals surface area contributed by atoms with Gasteiger partial charge in [0.15, 0.2) is 0 Å². The fourth-order valence-electron chi connectivity index (χ4n) is 4.68. The Morgan fingerprint density at radius 3 is 2.76 bits per heavy atom. The van der Waals surface area contributed by atoms with E-state index in [0.29, 0.717) is 12.0 Å². The number of fused-ring (bicyclic) bond motifs is 2. The van der Waals surface area contributed by atoms with E-state index in [2.05, 4.69) is 20.8 Å². The van der Waals surface area contributed by atoms with E-state index in [1.807, 2.05) is 0 Å². The van der Waals surface area contributed by atoms with Crippen LogP contribution in [0.3, 0.4) is 0 Å². The molecule has 0 bridgehead atoms. The molecule has 1 saturated carbocycles. The van der Waals surface area contributed by atoms with Crippen molar-refractivity contribution in [3.63, 3.8) is 0 Å². The van der Waals surface area contributed by atoms with Crippen molar-refractivity contribution in [3.8, 4) is 0 Å². The van der Waals surface area contributed by atoms with Crippen LogP contribution in [0.5, 0.6) is 0 Å². The van der Waals surface area contributed by atoms with E-state index >= 15 is 0 Å². The lowest BCUT2D eigenvalue weighted by molar-refractivity contribution is -0.136. The van der Waals surface area contributed by atoms with E-state index in [-0.39, 0.29) is 11.4 Å². The number of carbonyl (C=O) groups excluding carboxylic acids is 1. The summed E-state index contributed by atoms with van der Waals surface area (Å²) in [5.41, 5.74) is 2.99. The highest BCUT2D eigenvalue weighted by Gasteiger charge is 2.53. The number of ether oxygens (including phenoxy) is 1. The molecule has 0 amide bonds. The summed E-state index contributed by atoms with van der Waals surface area (Å²) >= 11 is 0. The Labute approximate surface area is 103 Å². The smallest absolute Gasteiger partial charge is 0.334 e. The van der Waals surface area contributed by atoms with Crippen molar-refractivity contribution in [2.45, 2.75) is 52.9 Å². The zero-order valence-electron chi connectivity index (χ0n) is 11.1. The fourth-order valence-corrected chi connectivity index (χ4v) is 4.68. The molecule has 2 heteroatoms. The zero-order valence-corrected chi connectivity index (χ0v) is 11.1. The van der Waals surface area contributed by atoms with Crippen molar-refractivity contribution in [1.29, 1.82) is 0 Å². The lowest BCUT2D eigenvalue weighted by Gasteiger charge is -2.53. The van der Waals surface area contributed by atoms with Crippen molar-refractivity contribution in [1.82, 2.24) is 0 Å². The molecule has 0 N–H and O–H groups in total. The predicted molar refractivity (Wildman–Crippen MR) is 66.4 cm³/mol. The molecule has 17 heavy (non-hydrogen) atoms. The molecule has 94 valence electrons. The minimum absolute atomic E-state index is 0.0388. The molecule has 1 heterocycles. The highest BCUT2D eigenvalue weighted by molar-refractivity contribution is 5.92. The average Bonchev–Trinajstić information content (AvgIpc) is 2.60. The summed E-state index contributed by atoms with van der Waals surface area (Å²) in [6, 6.07) is 0. The Hall–Kier alpha value is -0.790. The van der Waals surface area contributed by atoms with Crippen LogP contribution in [-0.4, -0.2) is 12.6 Å². The van der Waals surface area contributed by atoms with Crippen LogP contribution in [0.2, 0.25) is 0 Å². The SMILES string of the molecule is CC1(C)CCC[C@@]2(C)C3=C(CC[C@@H]12)C(=O)OC3. The second kappa shape index (κ2) is 3.37.